The van der Waals surface area contributed by atoms with E-state index in [9.17, 15) is 5.11 Å². The highest BCUT2D eigenvalue weighted by molar-refractivity contribution is 7.18. The lowest BCUT2D eigenvalue weighted by Gasteiger charge is -2.07. The van der Waals surface area contributed by atoms with Gasteiger partial charge in [-0.3, -0.25) is 0 Å². The van der Waals surface area contributed by atoms with Crippen molar-refractivity contribution in [1.29, 1.82) is 0 Å². The molecule has 5 nitrogen and oxygen atoms in total. The molecule has 0 aliphatic heterocycles. The molecule has 0 aliphatic carbocycles. The molecule has 2 heterocycles. The summed E-state index contributed by atoms with van der Waals surface area (Å²) in [5.74, 6) is 0.210. The molecule has 4 aromatic rings. The molecule has 0 saturated carbocycles. The Kier molecular flexibility index (Phi) is 2.71. The second-order valence-corrected chi connectivity index (χ2v) is 6.72. The van der Waals surface area contributed by atoms with Gasteiger partial charge in [0.15, 0.2) is 0 Å². The van der Waals surface area contributed by atoms with E-state index in [1.165, 1.54) is 4.80 Å². The van der Waals surface area contributed by atoms with E-state index in [0.29, 0.717) is 5.69 Å². The summed E-state index contributed by atoms with van der Waals surface area (Å²) < 4.78 is 1.10. The summed E-state index contributed by atoms with van der Waals surface area (Å²) in [5, 5.41) is 20.3. The fourth-order valence-corrected chi connectivity index (χ4v) is 3.49. The minimum atomic E-state index is 0.210. The zero-order valence-corrected chi connectivity index (χ0v) is 13.3. The predicted octanol–water partition coefficient (Wildman–Crippen LogP) is 3.66. The van der Waals surface area contributed by atoms with Crippen LogP contribution in [0.2, 0.25) is 0 Å². The molecule has 2 aromatic heterocycles. The Balaban J connectivity index is 1.96. The number of benzene rings is 2. The molecule has 0 fully saturated rings. The predicted molar refractivity (Wildman–Crippen MR) is 87.9 cm³/mol. The Bertz CT molecular complexity index is 981. The summed E-state index contributed by atoms with van der Waals surface area (Å²) in [6.07, 6.45) is 0. The van der Waals surface area contributed by atoms with Crippen molar-refractivity contribution < 1.29 is 5.11 Å². The molecule has 0 bridgehead atoms. The molecular formula is C16H14N4OS. The molecule has 22 heavy (non-hydrogen) atoms. The topological polar surface area (TPSA) is 63.8 Å². The van der Waals surface area contributed by atoms with Crippen LogP contribution in [0.1, 0.15) is 16.1 Å². The van der Waals surface area contributed by atoms with Crippen molar-refractivity contribution in [2.45, 2.75) is 20.8 Å². The quantitative estimate of drug-likeness (QED) is 0.583. The SMILES string of the molecule is Cc1cc(C)c(O)c(-n2nc3cc4nc(C)sc4cc3n2)c1. The average molecular weight is 310 g/mol. The van der Waals surface area contributed by atoms with Crippen molar-refractivity contribution in [1.82, 2.24) is 20.0 Å². The van der Waals surface area contributed by atoms with Crippen molar-refractivity contribution >= 4 is 32.6 Å². The van der Waals surface area contributed by atoms with Crippen LogP contribution in [0.25, 0.3) is 26.9 Å². The lowest BCUT2D eigenvalue weighted by Crippen LogP contribution is -2.00. The highest BCUT2D eigenvalue weighted by atomic mass is 32.1. The van der Waals surface area contributed by atoms with Gasteiger partial charge >= 0.3 is 0 Å². The van der Waals surface area contributed by atoms with Gasteiger partial charge < -0.3 is 5.11 Å². The zero-order valence-electron chi connectivity index (χ0n) is 12.5. The first-order chi connectivity index (χ1) is 10.5. The molecule has 0 spiro atoms. The van der Waals surface area contributed by atoms with E-state index in [2.05, 4.69) is 15.2 Å². The first kappa shape index (κ1) is 13.2. The fraction of sp³-hybridized carbons (Fsp3) is 0.188. The van der Waals surface area contributed by atoms with Crippen LogP contribution >= 0.6 is 11.3 Å². The van der Waals surface area contributed by atoms with Crippen molar-refractivity contribution in [3.63, 3.8) is 0 Å². The normalized spacial score (nSPS) is 11.6. The number of aryl methyl sites for hydroxylation is 3. The Morgan fingerprint density at radius 3 is 2.45 bits per heavy atom. The number of phenolic OH excluding ortho intramolecular Hbond substituents is 1. The van der Waals surface area contributed by atoms with Crippen LogP contribution in [0, 0.1) is 20.8 Å². The van der Waals surface area contributed by atoms with E-state index >= 15 is 0 Å². The van der Waals surface area contributed by atoms with E-state index in [1.54, 1.807) is 11.3 Å². The first-order valence-electron chi connectivity index (χ1n) is 6.96. The third kappa shape index (κ3) is 1.95. The molecule has 0 unspecified atom stereocenters. The Morgan fingerprint density at radius 2 is 1.68 bits per heavy atom. The van der Waals surface area contributed by atoms with E-state index < -0.39 is 0 Å². The summed E-state index contributed by atoms with van der Waals surface area (Å²) in [7, 11) is 0. The molecule has 0 saturated heterocycles. The monoisotopic (exact) mass is 310 g/mol. The smallest absolute Gasteiger partial charge is 0.146 e. The number of hydrogen-bond donors (Lipinski definition) is 1. The molecule has 0 atom stereocenters. The average Bonchev–Trinajstić information content (AvgIpc) is 3.01. The maximum atomic E-state index is 10.3. The zero-order chi connectivity index (χ0) is 15.4. The van der Waals surface area contributed by atoms with Crippen molar-refractivity contribution in [2.24, 2.45) is 0 Å². The van der Waals surface area contributed by atoms with Gasteiger partial charge in [0.05, 0.1) is 15.2 Å². The summed E-state index contributed by atoms with van der Waals surface area (Å²) >= 11 is 1.64. The lowest BCUT2D eigenvalue weighted by atomic mass is 10.1. The highest BCUT2D eigenvalue weighted by Crippen LogP contribution is 2.29. The minimum Gasteiger partial charge on any atom is -0.505 e. The van der Waals surface area contributed by atoms with Crippen molar-refractivity contribution in [3.8, 4) is 11.4 Å². The van der Waals surface area contributed by atoms with Gasteiger partial charge in [-0.2, -0.15) is 0 Å². The third-order valence-electron chi connectivity index (χ3n) is 3.64. The third-order valence-corrected chi connectivity index (χ3v) is 4.57. The van der Waals surface area contributed by atoms with Gasteiger partial charge in [0, 0.05) is 0 Å². The molecule has 0 aliphatic rings. The molecular weight excluding hydrogens is 296 g/mol. The van der Waals surface area contributed by atoms with Crippen LogP contribution in [-0.4, -0.2) is 25.1 Å². The van der Waals surface area contributed by atoms with E-state index in [1.807, 2.05) is 45.0 Å². The Morgan fingerprint density at radius 1 is 0.955 bits per heavy atom. The number of aromatic nitrogens is 4. The molecule has 2 aromatic carbocycles. The maximum absolute atomic E-state index is 10.3. The highest BCUT2D eigenvalue weighted by Gasteiger charge is 2.13. The van der Waals surface area contributed by atoms with E-state index in [-0.39, 0.29) is 5.75 Å². The van der Waals surface area contributed by atoms with Crippen LogP contribution < -0.4 is 0 Å². The first-order valence-corrected chi connectivity index (χ1v) is 7.78. The van der Waals surface area contributed by atoms with Crippen LogP contribution in [0.15, 0.2) is 24.3 Å². The maximum Gasteiger partial charge on any atom is 0.146 e. The van der Waals surface area contributed by atoms with Gasteiger partial charge in [0.2, 0.25) is 0 Å². The Hall–Kier alpha value is -2.47. The number of fused-ring (bicyclic) bond motifs is 2. The number of thiazole rings is 1. The molecule has 0 amide bonds. The summed E-state index contributed by atoms with van der Waals surface area (Å²) in [6.45, 7) is 5.85. The molecule has 1 N–H and O–H groups in total. The van der Waals surface area contributed by atoms with E-state index in [0.717, 1.165) is 37.4 Å². The second kappa shape index (κ2) is 4.51. The van der Waals surface area contributed by atoms with Gasteiger partial charge in [-0.15, -0.1) is 26.3 Å². The number of phenols is 1. The standard InChI is InChI=1S/C16H14N4OS/c1-8-4-9(2)16(21)14(5-8)20-18-11-6-13-15(7-12(11)19-20)22-10(3)17-13/h4-7,21H,1-3H3. The lowest BCUT2D eigenvalue weighted by molar-refractivity contribution is 0.463. The van der Waals surface area contributed by atoms with Crippen molar-refractivity contribution in [3.05, 3.63) is 40.4 Å². The van der Waals surface area contributed by atoms with Gasteiger partial charge in [-0.25, -0.2) is 4.98 Å². The Labute approximate surface area is 130 Å². The minimum absolute atomic E-state index is 0.210. The van der Waals surface area contributed by atoms with Gasteiger partial charge in [0.25, 0.3) is 0 Å². The van der Waals surface area contributed by atoms with Gasteiger partial charge in [-0.05, 0) is 50.1 Å². The van der Waals surface area contributed by atoms with Crippen LogP contribution in [-0.2, 0) is 0 Å². The summed E-state index contributed by atoms with van der Waals surface area (Å²) in [4.78, 5) is 5.98. The van der Waals surface area contributed by atoms with Gasteiger partial charge in [-0.1, -0.05) is 6.07 Å². The summed E-state index contributed by atoms with van der Waals surface area (Å²) in [6, 6.07) is 7.76. The molecule has 0 radical (unpaired) electrons. The number of aromatic hydroxyl groups is 1. The largest absolute Gasteiger partial charge is 0.505 e. The fourth-order valence-electron chi connectivity index (χ4n) is 2.65. The second-order valence-electron chi connectivity index (χ2n) is 5.48. The molecule has 6 heteroatoms. The van der Waals surface area contributed by atoms with Crippen LogP contribution in [0.4, 0.5) is 0 Å². The van der Waals surface area contributed by atoms with E-state index in [4.69, 9.17) is 0 Å². The summed E-state index contributed by atoms with van der Waals surface area (Å²) in [5.41, 5.74) is 4.98. The molecule has 110 valence electrons. The molecule has 4 rings (SSSR count). The number of rotatable bonds is 1. The van der Waals surface area contributed by atoms with Crippen LogP contribution in [0.3, 0.4) is 0 Å². The van der Waals surface area contributed by atoms with Crippen molar-refractivity contribution in [2.75, 3.05) is 0 Å². The van der Waals surface area contributed by atoms with Crippen LogP contribution in [0.5, 0.6) is 5.75 Å². The van der Waals surface area contributed by atoms with Gasteiger partial charge in [0.1, 0.15) is 22.5 Å². The number of nitrogens with zero attached hydrogens (tertiary/aromatic N) is 4. The number of hydrogen-bond acceptors (Lipinski definition) is 5.